The Kier molecular flexibility index (Phi) is 5.18. The molecule has 1 heterocycles. The van der Waals surface area contributed by atoms with Crippen molar-refractivity contribution in [2.45, 2.75) is 51.2 Å². The number of benzene rings is 1. The number of aromatic nitrogens is 1. The molecule has 6 heteroatoms. The molecule has 1 saturated carbocycles. The van der Waals surface area contributed by atoms with Crippen molar-refractivity contribution >= 4 is 27.5 Å². The van der Waals surface area contributed by atoms with Crippen molar-refractivity contribution < 1.29 is 15.0 Å². The van der Waals surface area contributed by atoms with Gasteiger partial charge in [-0.25, -0.2) is 4.98 Å². The van der Waals surface area contributed by atoms with Crippen molar-refractivity contribution in [3.8, 4) is 0 Å². The Balaban J connectivity index is 1.64. The molecule has 3 N–H and O–H groups in total. The number of aliphatic hydroxyl groups is 2. The maximum Gasteiger partial charge on any atom is 0.252 e. The summed E-state index contributed by atoms with van der Waals surface area (Å²) in [5.41, 5.74) is 0.913. The smallest absolute Gasteiger partial charge is 0.252 e. The van der Waals surface area contributed by atoms with Crippen molar-refractivity contribution in [3.05, 3.63) is 29.3 Å². The van der Waals surface area contributed by atoms with E-state index in [0.29, 0.717) is 11.6 Å². The molecular formula is C18H24N2O3S. The highest BCUT2D eigenvalue weighted by atomic mass is 32.1. The lowest BCUT2D eigenvalue weighted by atomic mass is 9.83. The minimum atomic E-state index is -1.50. The molecule has 0 unspecified atom stereocenters. The van der Waals surface area contributed by atoms with Crippen LogP contribution in [-0.2, 0) is 4.79 Å². The van der Waals surface area contributed by atoms with Crippen LogP contribution in [0, 0.1) is 5.41 Å². The van der Waals surface area contributed by atoms with Gasteiger partial charge in [-0.15, -0.1) is 11.3 Å². The van der Waals surface area contributed by atoms with Gasteiger partial charge in [0.05, 0.1) is 10.2 Å². The van der Waals surface area contributed by atoms with Gasteiger partial charge in [0.2, 0.25) is 0 Å². The molecule has 1 aliphatic rings. The molecule has 0 radical (unpaired) electrons. The molecule has 0 saturated heterocycles. The molecule has 1 aromatic carbocycles. The van der Waals surface area contributed by atoms with E-state index < -0.39 is 18.1 Å². The first-order chi connectivity index (χ1) is 11.5. The number of para-hydroxylation sites is 1. The van der Waals surface area contributed by atoms with Crippen molar-refractivity contribution in [3.63, 3.8) is 0 Å². The number of hydrogen-bond donors (Lipinski definition) is 3. The van der Waals surface area contributed by atoms with Crippen molar-refractivity contribution in [2.75, 3.05) is 6.54 Å². The number of thiazole rings is 1. The highest BCUT2D eigenvalue weighted by molar-refractivity contribution is 7.18. The fourth-order valence-electron chi connectivity index (χ4n) is 3.45. The first-order valence-electron chi connectivity index (χ1n) is 8.54. The van der Waals surface area contributed by atoms with Gasteiger partial charge in [-0.1, -0.05) is 31.9 Å². The molecule has 0 bridgehead atoms. The van der Waals surface area contributed by atoms with Crippen LogP contribution in [0.5, 0.6) is 0 Å². The van der Waals surface area contributed by atoms with Crippen LogP contribution in [0.1, 0.15) is 50.1 Å². The average Bonchev–Trinajstić information content (AvgIpc) is 3.25. The number of aliphatic hydroxyl groups excluding tert-OH is 2. The van der Waals surface area contributed by atoms with Crippen LogP contribution in [0.25, 0.3) is 10.2 Å². The lowest BCUT2D eigenvalue weighted by Gasteiger charge is -2.28. The van der Waals surface area contributed by atoms with E-state index >= 15 is 0 Å². The van der Waals surface area contributed by atoms with Gasteiger partial charge in [-0.05, 0) is 36.8 Å². The summed E-state index contributed by atoms with van der Waals surface area (Å²) in [6.45, 7) is 2.70. The Hall–Kier alpha value is -1.50. The van der Waals surface area contributed by atoms with E-state index in [1.165, 1.54) is 24.2 Å². The van der Waals surface area contributed by atoms with Gasteiger partial charge in [-0.2, -0.15) is 0 Å². The van der Waals surface area contributed by atoms with Crippen LogP contribution in [0.2, 0.25) is 0 Å². The normalized spacial score (nSPS) is 19.3. The summed E-state index contributed by atoms with van der Waals surface area (Å²) < 4.78 is 0.926. The summed E-state index contributed by atoms with van der Waals surface area (Å²) in [6, 6.07) is 7.51. The van der Waals surface area contributed by atoms with E-state index in [2.05, 4.69) is 17.2 Å². The molecule has 1 aromatic heterocycles. The largest absolute Gasteiger partial charge is 0.383 e. The monoisotopic (exact) mass is 348 g/mol. The van der Waals surface area contributed by atoms with E-state index in [9.17, 15) is 15.0 Å². The minimum Gasteiger partial charge on any atom is -0.383 e. The molecule has 2 aromatic rings. The highest BCUT2D eigenvalue weighted by Gasteiger charge is 2.34. The molecule has 2 atom stereocenters. The SMILES string of the molecule is CCC1(CNC(=O)[C@@H](O)[C@@H](O)c2nc3ccccc3s2)CCCC1. The van der Waals surface area contributed by atoms with E-state index in [4.69, 9.17) is 0 Å². The zero-order valence-corrected chi connectivity index (χ0v) is 14.7. The third-order valence-electron chi connectivity index (χ3n) is 5.18. The van der Waals surface area contributed by atoms with E-state index in [-0.39, 0.29) is 5.41 Å². The number of carbonyl (C=O) groups excluding carboxylic acids is 1. The summed E-state index contributed by atoms with van der Waals surface area (Å²) in [7, 11) is 0. The van der Waals surface area contributed by atoms with Gasteiger partial charge in [0, 0.05) is 6.54 Å². The minimum absolute atomic E-state index is 0.149. The number of hydrogen-bond acceptors (Lipinski definition) is 5. The van der Waals surface area contributed by atoms with Crippen LogP contribution in [0.15, 0.2) is 24.3 Å². The standard InChI is InChI=1S/C18H24N2O3S/c1-2-18(9-5-6-10-18)11-19-16(23)14(21)15(22)17-20-12-7-3-4-8-13(12)24-17/h3-4,7-8,14-15,21-22H,2,5-6,9-11H2,1H3,(H,19,23)/t14-,15+/m0/s1. The van der Waals surface area contributed by atoms with Gasteiger partial charge >= 0.3 is 0 Å². The molecule has 3 rings (SSSR count). The number of amides is 1. The first kappa shape index (κ1) is 17.3. The van der Waals surface area contributed by atoms with Crippen LogP contribution in [0.4, 0.5) is 0 Å². The van der Waals surface area contributed by atoms with Crippen molar-refractivity contribution in [2.24, 2.45) is 5.41 Å². The highest BCUT2D eigenvalue weighted by Crippen LogP contribution is 2.40. The number of nitrogens with one attached hydrogen (secondary N) is 1. The third-order valence-corrected chi connectivity index (χ3v) is 6.29. The second-order valence-electron chi connectivity index (χ2n) is 6.69. The number of rotatable bonds is 6. The number of carbonyl (C=O) groups is 1. The third kappa shape index (κ3) is 3.45. The zero-order valence-electron chi connectivity index (χ0n) is 13.9. The van der Waals surface area contributed by atoms with E-state index in [1.54, 1.807) is 0 Å². The first-order valence-corrected chi connectivity index (χ1v) is 9.36. The topological polar surface area (TPSA) is 82.5 Å². The molecule has 1 aliphatic carbocycles. The summed E-state index contributed by atoms with van der Waals surface area (Å²) in [5, 5.41) is 23.7. The van der Waals surface area contributed by atoms with Crippen LogP contribution in [-0.4, -0.2) is 33.8 Å². The van der Waals surface area contributed by atoms with Gasteiger partial charge in [0.25, 0.3) is 5.91 Å². The molecular weight excluding hydrogens is 324 g/mol. The summed E-state index contributed by atoms with van der Waals surface area (Å²) in [6.07, 6.45) is 2.83. The molecule has 130 valence electrons. The van der Waals surface area contributed by atoms with Crippen LogP contribution < -0.4 is 5.32 Å². The molecule has 24 heavy (non-hydrogen) atoms. The molecule has 0 spiro atoms. The lowest BCUT2D eigenvalue weighted by molar-refractivity contribution is -0.136. The van der Waals surface area contributed by atoms with Gasteiger partial charge in [0.1, 0.15) is 11.1 Å². The number of nitrogens with zero attached hydrogens (tertiary/aromatic N) is 1. The van der Waals surface area contributed by atoms with Gasteiger partial charge in [0.15, 0.2) is 6.10 Å². The second-order valence-corrected chi connectivity index (χ2v) is 7.75. The predicted molar refractivity (Wildman–Crippen MR) is 94.8 cm³/mol. The van der Waals surface area contributed by atoms with E-state index in [0.717, 1.165) is 29.5 Å². The lowest BCUT2D eigenvalue weighted by Crippen LogP contribution is -2.43. The van der Waals surface area contributed by atoms with Crippen LogP contribution >= 0.6 is 11.3 Å². The maximum atomic E-state index is 12.2. The summed E-state index contributed by atoms with van der Waals surface area (Å²) in [4.78, 5) is 16.6. The average molecular weight is 348 g/mol. The molecule has 1 amide bonds. The van der Waals surface area contributed by atoms with Crippen LogP contribution in [0.3, 0.4) is 0 Å². The van der Waals surface area contributed by atoms with Crippen molar-refractivity contribution in [1.29, 1.82) is 0 Å². The zero-order chi connectivity index (χ0) is 17.2. The van der Waals surface area contributed by atoms with Crippen molar-refractivity contribution in [1.82, 2.24) is 10.3 Å². The summed E-state index contributed by atoms with van der Waals surface area (Å²) >= 11 is 1.30. The number of fused-ring (bicyclic) bond motifs is 1. The Morgan fingerprint density at radius 1 is 1.33 bits per heavy atom. The van der Waals surface area contributed by atoms with Gasteiger partial charge in [-0.3, -0.25) is 4.79 Å². The van der Waals surface area contributed by atoms with Gasteiger partial charge < -0.3 is 15.5 Å². The molecule has 5 nitrogen and oxygen atoms in total. The second kappa shape index (κ2) is 7.17. The Labute approximate surface area is 145 Å². The Morgan fingerprint density at radius 2 is 2.04 bits per heavy atom. The quantitative estimate of drug-likeness (QED) is 0.750. The Bertz CT molecular complexity index is 676. The summed E-state index contributed by atoms with van der Waals surface area (Å²) in [5.74, 6) is -0.526. The fraction of sp³-hybridized carbons (Fsp3) is 0.556. The maximum absolute atomic E-state index is 12.2. The molecule has 0 aliphatic heterocycles. The van der Waals surface area contributed by atoms with E-state index in [1.807, 2.05) is 24.3 Å². The molecule has 1 fully saturated rings. The Morgan fingerprint density at radius 3 is 2.71 bits per heavy atom. The predicted octanol–water partition coefficient (Wildman–Crippen LogP) is 2.78. The fourth-order valence-corrected chi connectivity index (χ4v) is 4.44.